The van der Waals surface area contributed by atoms with Crippen LogP contribution in [0.3, 0.4) is 0 Å². The summed E-state index contributed by atoms with van der Waals surface area (Å²) in [7, 11) is -1.69. The predicted molar refractivity (Wildman–Crippen MR) is 64.1 cm³/mol. The molecule has 0 amide bonds. The minimum atomic E-state index is -3.17. The van der Waals surface area contributed by atoms with Crippen LogP contribution in [-0.2, 0) is 14.8 Å². The van der Waals surface area contributed by atoms with E-state index in [0.717, 1.165) is 6.54 Å². The molecule has 7 heteroatoms. The average molecular weight is 261 g/mol. The van der Waals surface area contributed by atoms with Crippen molar-refractivity contribution in [3.05, 3.63) is 0 Å². The lowest BCUT2D eigenvalue weighted by atomic mass is 10.3. The maximum atomic E-state index is 11.3. The SMILES string of the molecule is CCN[C@H](C)CNS(=O)(=O)CCOC.Cl. The number of sulfonamides is 1. The molecule has 0 heterocycles. The highest BCUT2D eigenvalue weighted by atomic mass is 35.5. The average Bonchev–Trinajstić information content (AvgIpc) is 2.13. The van der Waals surface area contributed by atoms with Crippen molar-refractivity contribution in [1.29, 1.82) is 0 Å². The third kappa shape index (κ3) is 10.4. The monoisotopic (exact) mass is 260 g/mol. The zero-order valence-corrected chi connectivity index (χ0v) is 11.1. The van der Waals surface area contributed by atoms with E-state index in [1.54, 1.807) is 0 Å². The van der Waals surface area contributed by atoms with Gasteiger partial charge >= 0.3 is 0 Å². The van der Waals surface area contributed by atoms with Crippen LogP contribution in [0.5, 0.6) is 0 Å². The van der Waals surface area contributed by atoms with E-state index >= 15 is 0 Å². The van der Waals surface area contributed by atoms with Gasteiger partial charge in [0.1, 0.15) is 0 Å². The molecule has 0 fully saturated rings. The summed E-state index contributed by atoms with van der Waals surface area (Å²) in [5.74, 6) is 0.0162. The molecular formula is C8H21ClN2O3S. The molecule has 0 radical (unpaired) electrons. The van der Waals surface area contributed by atoms with Gasteiger partial charge in [0.05, 0.1) is 12.4 Å². The maximum absolute atomic E-state index is 11.3. The third-order valence-corrected chi connectivity index (χ3v) is 3.03. The van der Waals surface area contributed by atoms with Crippen molar-refractivity contribution >= 4 is 22.4 Å². The quantitative estimate of drug-likeness (QED) is 0.643. The molecule has 0 aromatic heterocycles. The van der Waals surface area contributed by atoms with E-state index in [0.29, 0.717) is 6.54 Å². The van der Waals surface area contributed by atoms with Gasteiger partial charge in [0.15, 0.2) is 0 Å². The summed E-state index contributed by atoms with van der Waals surface area (Å²) in [6.07, 6.45) is 0. The van der Waals surface area contributed by atoms with E-state index < -0.39 is 10.0 Å². The molecule has 0 saturated heterocycles. The van der Waals surface area contributed by atoms with Crippen LogP contribution in [0.4, 0.5) is 0 Å². The summed E-state index contributed by atoms with van der Waals surface area (Å²) in [5.41, 5.74) is 0. The molecule has 0 aliphatic rings. The van der Waals surface area contributed by atoms with Crippen molar-refractivity contribution in [3.63, 3.8) is 0 Å². The highest BCUT2D eigenvalue weighted by Crippen LogP contribution is 1.86. The van der Waals surface area contributed by atoms with Gasteiger partial charge < -0.3 is 10.1 Å². The van der Waals surface area contributed by atoms with E-state index in [1.165, 1.54) is 7.11 Å². The minimum Gasteiger partial charge on any atom is -0.384 e. The predicted octanol–water partition coefficient (Wildman–Crippen LogP) is -0.0280. The molecule has 0 aromatic rings. The number of hydrogen-bond acceptors (Lipinski definition) is 4. The number of hydrogen-bond donors (Lipinski definition) is 2. The summed E-state index contributed by atoms with van der Waals surface area (Å²) in [5, 5.41) is 3.12. The van der Waals surface area contributed by atoms with Crippen molar-refractivity contribution < 1.29 is 13.2 Å². The number of ether oxygens (including phenoxy) is 1. The number of methoxy groups -OCH3 is 1. The summed E-state index contributed by atoms with van der Waals surface area (Å²) < 4.78 is 29.8. The third-order valence-electron chi connectivity index (χ3n) is 1.72. The molecule has 0 rings (SSSR count). The molecule has 0 unspecified atom stereocenters. The second-order valence-corrected chi connectivity index (χ2v) is 5.05. The van der Waals surface area contributed by atoms with Gasteiger partial charge in [-0.3, -0.25) is 0 Å². The lowest BCUT2D eigenvalue weighted by Crippen LogP contribution is -2.40. The summed E-state index contributed by atoms with van der Waals surface area (Å²) >= 11 is 0. The molecule has 0 aliphatic carbocycles. The fourth-order valence-electron chi connectivity index (χ4n) is 0.938. The van der Waals surface area contributed by atoms with E-state index in [4.69, 9.17) is 4.74 Å². The largest absolute Gasteiger partial charge is 0.384 e. The van der Waals surface area contributed by atoms with Crippen molar-refractivity contribution in [2.45, 2.75) is 19.9 Å². The van der Waals surface area contributed by atoms with E-state index in [2.05, 4.69) is 10.0 Å². The number of halogens is 1. The van der Waals surface area contributed by atoms with E-state index in [-0.39, 0.29) is 30.8 Å². The molecule has 0 aromatic carbocycles. The van der Waals surface area contributed by atoms with Gasteiger partial charge in [0, 0.05) is 19.7 Å². The first kappa shape index (κ1) is 17.5. The van der Waals surface area contributed by atoms with Crippen LogP contribution >= 0.6 is 12.4 Å². The smallest absolute Gasteiger partial charge is 0.213 e. The molecule has 0 bridgehead atoms. The molecule has 0 saturated carbocycles. The first-order chi connectivity index (χ1) is 6.52. The summed E-state index contributed by atoms with van der Waals surface area (Å²) in [6.45, 7) is 5.39. The van der Waals surface area contributed by atoms with Gasteiger partial charge in [0.2, 0.25) is 10.0 Å². The van der Waals surface area contributed by atoms with Gasteiger partial charge in [-0.25, -0.2) is 13.1 Å². The Morgan fingerprint density at radius 3 is 2.47 bits per heavy atom. The Balaban J connectivity index is 0. The fourth-order valence-corrected chi connectivity index (χ4v) is 1.97. The van der Waals surface area contributed by atoms with E-state index in [1.807, 2.05) is 13.8 Å². The highest BCUT2D eigenvalue weighted by Gasteiger charge is 2.10. The lowest BCUT2D eigenvalue weighted by molar-refractivity contribution is 0.217. The Hall–Kier alpha value is 0.120. The second-order valence-electron chi connectivity index (χ2n) is 3.12. The van der Waals surface area contributed by atoms with Crippen LogP contribution in [0.15, 0.2) is 0 Å². The highest BCUT2D eigenvalue weighted by molar-refractivity contribution is 7.89. The molecule has 0 aliphatic heterocycles. The topological polar surface area (TPSA) is 67.4 Å². The maximum Gasteiger partial charge on any atom is 0.213 e. The Labute approximate surface area is 98.4 Å². The van der Waals surface area contributed by atoms with Crippen molar-refractivity contribution in [2.24, 2.45) is 0 Å². The Kier molecular flexibility index (Phi) is 10.9. The van der Waals surface area contributed by atoms with Crippen molar-refractivity contribution in [1.82, 2.24) is 10.0 Å². The van der Waals surface area contributed by atoms with Crippen LogP contribution in [0.25, 0.3) is 0 Å². The molecule has 2 N–H and O–H groups in total. The Morgan fingerprint density at radius 1 is 1.40 bits per heavy atom. The van der Waals surface area contributed by atoms with Gasteiger partial charge in [-0.1, -0.05) is 6.92 Å². The van der Waals surface area contributed by atoms with Gasteiger partial charge in [-0.15, -0.1) is 12.4 Å². The molecule has 5 nitrogen and oxygen atoms in total. The fraction of sp³-hybridized carbons (Fsp3) is 1.00. The van der Waals surface area contributed by atoms with E-state index in [9.17, 15) is 8.42 Å². The Bertz CT molecular complexity index is 234. The Morgan fingerprint density at radius 2 is 2.00 bits per heavy atom. The minimum absolute atomic E-state index is 0. The normalized spacial score (nSPS) is 13.3. The number of likely N-dealkylation sites (N-methyl/N-ethyl adjacent to an activating group) is 1. The van der Waals surface area contributed by atoms with Crippen LogP contribution in [0.2, 0.25) is 0 Å². The van der Waals surface area contributed by atoms with Crippen LogP contribution < -0.4 is 10.0 Å². The van der Waals surface area contributed by atoms with Crippen molar-refractivity contribution in [2.75, 3.05) is 32.6 Å². The summed E-state index contributed by atoms with van der Waals surface area (Å²) in [4.78, 5) is 0. The molecule has 0 spiro atoms. The van der Waals surface area contributed by atoms with Crippen LogP contribution in [0, 0.1) is 0 Å². The molecule has 15 heavy (non-hydrogen) atoms. The van der Waals surface area contributed by atoms with Gasteiger partial charge in [-0.2, -0.15) is 0 Å². The number of rotatable bonds is 8. The number of nitrogens with one attached hydrogen (secondary N) is 2. The standard InChI is InChI=1S/C8H20N2O3S.ClH/c1-4-9-8(2)7-10-14(11,12)6-5-13-3;/h8-10H,4-7H2,1-3H3;1H/t8-;/m1./s1. The van der Waals surface area contributed by atoms with Crippen LogP contribution in [-0.4, -0.2) is 47.0 Å². The first-order valence-corrected chi connectivity index (χ1v) is 6.36. The van der Waals surface area contributed by atoms with Gasteiger partial charge in [0.25, 0.3) is 0 Å². The first-order valence-electron chi connectivity index (χ1n) is 4.71. The zero-order chi connectivity index (χ0) is 11.0. The van der Waals surface area contributed by atoms with Crippen molar-refractivity contribution in [3.8, 4) is 0 Å². The lowest BCUT2D eigenvalue weighted by Gasteiger charge is -2.13. The molecule has 1 atom stereocenters. The van der Waals surface area contributed by atoms with Gasteiger partial charge in [-0.05, 0) is 13.5 Å². The molecule has 94 valence electrons. The zero-order valence-electron chi connectivity index (χ0n) is 9.45. The summed E-state index contributed by atoms with van der Waals surface area (Å²) in [6, 6.07) is 0.150. The van der Waals surface area contributed by atoms with Crippen LogP contribution in [0.1, 0.15) is 13.8 Å². The molecular weight excluding hydrogens is 240 g/mol. The second kappa shape index (κ2) is 9.35.